The molecule has 0 spiro atoms. The summed E-state index contributed by atoms with van der Waals surface area (Å²) in [7, 11) is -2.00. The molecule has 3 atom stereocenters. The molecule has 0 radical (unpaired) electrons. The van der Waals surface area contributed by atoms with Gasteiger partial charge in [0.05, 0.1) is 6.61 Å². The lowest BCUT2D eigenvalue weighted by Crippen LogP contribution is -2.43. The fraction of sp³-hybridized carbons (Fsp3) is 0.538. The van der Waals surface area contributed by atoms with Crippen LogP contribution < -0.4 is 4.43 Å². The van der Waals surface area contributed by atoms with Crippen molar-refractivity contribution in [3.8, 4) is 5.75 Å². The molecule has 5 heteroatoms. The van der Waals surface area contributed by atoms with Crippen LogP contribution in [0.5, 0.6) is 5.75 Å². The molecular formula is C26H36O4Si. The molecule has 0 bridgehead atoms. The summed E-state index contributed by atoms with van der Waals surface area (Å²) in [5.41, 5.74) is 1.15. The smallest absolute Gasteiger partial charge is 0.316 e. The van der Waals surface area contributed by atoms with Gasteiger partial charge in [-0.15, -0.1) is 0 Å². The van der Waals surface area contributed by atoms with Crippen LogP contribution in [0.3, 0.4) is 0 Å². The van der Waals surface area contributed by atoms with Gasteiger partial charge in [0.2, 0.25) is 8.32 Å². The maximum Gasteiger partial charge on any atom is 0.316 e. The average Bonchev–Trinajstić information content (AvgIpc) is 2.68. The fourth-order valence-electron chi connectivity index (χ4n) is 4.24. The Morgan fingerprint density at radius 2 is 1.84 bits per heavy atom. The standard InChI is InChI=1S/C26H36O4Si/c1-8-29-25(28)23-13-17(2)21(16-24(23)27)22-15-19(30-31(6,7)26(3,4)5)14-18-11-9-10-12-20(18)22/h9-12,14-15,17,21,23H,8,13,16H2,1-7H3. The molecule has 1 aliphatic rings. The molecule has 168 valence electrons. The second-order valence-electron chi connectivity index (χ2n) is 10.4. The lowest BCUT2D eigenvalue weighted by molar-refractivity contribution is -0.153. The molecule has 0 N–H and O–H groups in total. The Kier molecular flexibility index (Phi) is 6.66. The van der Waals surface area contributed by atoms with E-state index in [9.17, 15) is 9.59 Å². The van der Waals surface area contributed by atoms with E-state index < -0.39 is 14.2 Å². The second kappa shape index (κ2) is 8.77. The van der Waals surface area contributed by atoms with Crippen molar-refractivity contribution in [1.29, 1.82) is 0 Å². The quantitative estimate of drug-likeness (QED) is 0.303. The second-order valence-corrected chi connectivity index (χ2v) is 15.1. The average molecular weight is 441 g/mol. The molecule has 1 aliphatic carbocycles. The van der Waals surface area contributed by atoms with Crippen molar-refractivity contribution in [2.45, 2.75) is 71.5 Å². The van der Waals surface area contributed by atoms with Crippen molar-refractivity contribution in [3.63, 3.8) is 0 Å². The lowest BCUT2D eigenvalue weighted by Gasteiger charge is -2.37. The van der Waals surface area contributed by atoms with Crippen molar-refractivity contribution in [2.24, 2.45) is 11.8 Å². The largest absolute Gasteiger partial charge is 0.543 e. The van der Waals surface area contributed by atoms with Crippen molar-refractivity contribution in [2.75, 3.05) is 6.61 Å². The van der Waals surface area contributed by atoms with Gasteiger partial charge < -0.3 is 9.16 Å². The van der Waals surface area contributed by atoms with Crippen LogP contribution in [0.2, 0.25) is 18.1 Å². The highest BCUT2D eigenvalue weighted by Crippen LogP contribution is 2.44. The summed E-state index contributed by atoms with van der Waals surface area (Å²) in [6.07, 6.45) is 0.891. The van der Waals surface area contributed by atoms with Crippen LogP contribution in [-0.4, -0.2) is 26.7 Å². The molecule has 0 amide bonds. The highest BCUT2D eigenvalue weighted by atomic mass is 28.4. The molecule has 3 rings (SSSR count). The number of esters is 1. The van der Waals surface area contributed by atoms with Crippen LogP contribution in [0.1, 0.15) is 58.9 Å². The van der Waals surface area contributed by atoms with E-state index in [1.807, 2.05) is 12.1 Å². The van der Waals surface area contributed by atoms with Gasteiger partial charge in [-0.2, -0.15) is 0 Å². The van der Waals surface area contributed by atoms with Gasteiger partial charge in [0, 0.05) is 6.42 Å². The number of carbonyl (C=O) groups is 2. The predicted octanol–water partition coefficient (Wildman–Crippen LogP) is 6.49. The van der Waals surface area contributed by atoms with Gasteiger partial charge in [0.25, 0.3) is 0 Å². The number of benzene rings is 2. The Hall–Kier alpha value is -2.14. The number of ketones is 1. The highest BCUT2D eigenvalue weighted by Gasteiger charge is 2.41. The number of rotatable bonds is 5. The Morgan fingerprint density at radius 1 is 1.16 bits per heavy atom. The summed E-state index contributed by atoms with van der Waals surface area (Å²) in [5.74, 6) is 0.111. The first-order valence-electron chi connectivity index (χ1n) is 11.4. The fourth-order valence-corrected chi connectivity index (χ4v) is 5.25. The molecule has 2 aromatic rings. The summed E-state index contributed by atoms with van der Waals surface area (Å²) in [6, 6.07) is 12.6. The Labute approximate surface area is 187 Å². The maximum atomic E-state index is 12.9. The molecular weight excluding hydrogens is 404 g/mol. The lowest BCUT2D eigenvalue weighted by atomic mass is 9.70. The van der Waals surface area contributed by atoms with E-state index in [-0.39, 0.29) is 28.6 Å². The summed E-state index contributed by atoms with van der Waals surface area (Å²) < 4.78 is 11.8. The van der Waals surface area contributed by atoms with E-state index in [2.05, 4.69) is 65.1 Å². The van der Waals surface area contributed by atoms with Crippen molar-refractivity contribution < 1.29 is 18.8 Å². The summed E-state index contributed by atoms with van der Waals surface area (Å²) in [4.78, 5) is 25.2. The van der Waals surface area contributed by atoms with E-state index in [0.717, 1.165) is 22.1 Å². The zero-order chi connectivity index (χ0) is 23.0. The molecule has 0 aromatic heterocycles. The van der Waals surface area contributed by atoms with Gasteiger partial charge >= 0.3 is 5.97 Å². The van der Waals surface area contributed by atoms with Crippen molar-refractivity contribution >= 4 is 30.8 Å². The van der Waals surface area contributed by atoms with Gasteiger partial charge in [-0.1, -0.05) is 52.0 Å². The normalized spacial score (nSPS) is 22.4. The van der Waals surface area contributed by atoms with Crippen LogP contribution in [0.25, 0.3) is 10.8 Å². The number of hydrogen-bond acceptors (Lipinski definition) is 4. The SMILES string of the molecule is CCOC(=O)C1CC(C)C(c2cc(O[Si](C)(C)C(C)(C)C)cc3ccccc23)CC1=O. The van der Waals surface area contributed by atoms with Gasteiger partial charge in [0.15, 0.2) is 0 Å². The minimum atomic E-state index is -2.00. The van der Waals surface area contributed by atoms with E-state index in [0.29, 0.717) is 19.4 Å². The molecule has 3 unspecified atom stereocenters. The maximum absolute atomic E-state index is 12.9. The van der Waals surface area contributed by atoms with Crippen LogP contribution in [0, 0.1) is 11.8 Å². The van der Waals surface area contributed by atoms with Gasteiger partial charge in [0.1, 0.15) is 17.5 Å². The minimum Gasteiger partial charge on any atom is -0.543 e. The van der Waals surface area contributed by atoms with Crippen LogP contribution in [0.15, 0.2) is 36.4 Å². The highest BCUT2D eigenvalue weighted by molar-refractivity contribution is 6.74. The van der Waals surface area contributed by atoms with E-state index in [4.69, 9.17) is 9.16 Å². The van der Waals surface area contributed by atoms with Crippen LogP contribution in [0.4, 0.5) is 0 Å². The third kappa shape index (κ3) is 4.87. The van der Waals surface area contributed by atoms with Crippen molar-refractivity contribution in [1.82, 2.24) is 0 Å². The Balaban J connectivity index is 2.00. The molecule has 0 aliphatic heterocycles. The zero-order valence-electron chi connectivity index (χ0n) is 20.0. The first-order chi connectivity index (χ1) is 14.4. The van der Waals surface area contributed by atoms with E-state index >= 15 is 0 Å². The van der Waals surface area contributed by atoms with Crippen molar-refractivity contribution in [3.05, 3.63) is 42.0 Å². The summed E-state index contributed by atoms with van der Waals surface area (Å²) in [6.45, 7) is 15.4. The number of fused-ring (bicyclic) bond motifs is 1. The molecule has 4 nitrogen and oxygen atoms in total. The zero-order valence-corrected chi connectivity index (χ0v) is 21.0. The predicted molar refractivity (Wildman–Crippen MR) is 128 cm³/mol. The van der Waals surface area contributed by atoms with E-state index in [1.165, 1.54) is 0 Å². The molecule has 1 fully saturated rings. The van der Waals surface area contributed by atoms with E-state index in [1.54, 1.807) is 6.92 Å². The van der Waals surface area contributed by atoms with Gasteiger partial charge in [-0.25, -0.2) is 0 Å². The topological polar surface area (TPSA) is 52.6 Å². The first-order valence-corrected chi connectivity index (χ1v) is 14.3. The number of ether oxygens (including phenoxy) is 1. The number of carbonyl (C=O) groups excluding carboxylic acids is 2. The third-order valence-electron chi connectivity index (χ3n) is 7.12. The monoisotopic (exact) mass is 440 g/mol. The summed E-state index contributed by atoms with van der Waals surface area (Å²) >= 11 is 0. The van der Waals surface area contributed by atoms with Gasteiger partial charge in [-0.3, -0.25) is 9.59 Å². The Morgan fingerprint density at radius 3 is 2.48 bits per heavy atom. The number of hydrogen-bond donors (Lipinski definition) is 0. The summed E-state index contributed by atoms with van der Waals surface area (Å²) in [5, 5.41) is 2.38. The molecule has 0 saturated heterocycles. The first kappa shape index (κ1) is 23.5. The minimum absolute atomic E-state index is 0.0126. The van der Waals surface area contributed by atoms with Crippen LogP contribution >= 0.6 is 0 Å². The third-order valence-corrected chi connectivity index (χ3v) is 11.5. The molecule has 1 saturated carbocycles. The Bertz CT molecular complexity index is 973. The molecule has 2 aromatic carbocycles. The number of Topliss-reactive ketones (excluding diaryl/α,β-unsaturated/α-hetero) is 1. The molecule has 31 heavy (non-hydrogen) atoms. The van der Waals surface area contributed by atoms with Crippen LogP contribution in [-0.2, 0) is 14.3 Å². The van der Waals surface area contributed by atoms with Gasteiger partial charge in [-0.05, 0) is 71.8 Å². The molecule has 0 heterocycles.